The summed E-state index contributed by atoms with van der Waals surface area (Å²) in [6.45, 7) is 4.69. The number of carbonyl (C=O) groups is 2. The minimum absolute atomic E-state index is 0.0202. The van der Waals surface area contributed by atoms with Crippen LogP contribution in [-0.2, 0) is 16.0 Å². The molecule has 5 heteroatoms. The summed E-state index contributed by atoms with van der Waals surface area (Å²) in [5.74, 6) is -0.639. The van der Waals surface area contributed by atoms with Crippen LogP contribution in [0.2, 0.25) is 0 Å². The molecule has 0 aromatic heterocycles. The van der Waals surface area contributed by atoms with Crippen molar-refractivity contribution < 1.29 is 19.4 Å². The smallest absolute Gasteiger partial charge is 0.295 e. The van der Waals surface area contributed by atoms with Gasteiger partial charge < -0.3 is 14.7 Å². The van der Waals surface area contributed by atoms with Crippen LogP contribution in [0.1, 0.15) is 68.7 Å². The molecule has 0 radical (unpaired) electrons. The second kappa shape index (κ2) is 9.60. The Balaban J connectivity index is 1.81. The van der Waals surface area contributed by atoms with E-state index in [4.69, 9.17) is 4.74 Å². The van der Waals surface area contributed by atoms with Gasteiger partial charge in [-0.2, -0.15) is 0 Å². The number of carbonyl (C=O) groups excluding carboxylic acids is 2. The Labute approximate surface area is 189 Å². The molecule has 2 aromatic rings. The van der Waals surface area contributed by atoms with Crippen molar-refractivity contribution in [2.45, 2.75) is 64.5 Å². The molecule has 5 nitrogen and oxygen atoms in total. The molecule has 1 aliphatic heterocycles. The normalized spacial score (nSPS) is 20.8. The topological polar surface area (TPSA) is 66.8 Å². The predicted octanol–water partition coefficient (Wildman–Crippen LogP) is 5.40. The first-order valence-electron chi connectivity index (χ1n) is 11.7. The summed E-state index contributed by atoms with van der Waals surface area (Å²) in [7, 11) is 0. The molecular weight excluding hydrogens is 402 g/mol. The van der Waals surface area contributed by atoms with Crippen molar-refractivity contribution in [1.29, 1.82) is 0 Å². The number of amides is 1. The maximum Gasteiger partial charge on any atom is 0.295 e. The summed E-state index contributed by atoms with van der Waals surface area (Å²) in [6.07, 6.45) is 5.65. The molecular formula is C27H31NO4. The van der Waals surface area contributed by atoms with Gasteiger partial charge in [-0.1, -0.05) is 63.1 Å². The van der Waals surface area contributed by atoms with Crippen LogP contribution in [0.15, 0.2) is 54.1 Å². The fraction of sp³-hybridized carbons (Fsp3) is 0.407. The van der Waals surface area contributed by atoms with E-state index < -0.39 is 17.7 Å². The van der Waals surface area contributed by atoms with Gasteiger partial charge in [0.05, 0.1) is 18.2 Å². The molecule has 4 rings (SSSR count). The molecule has 2 aliphatic rings. The SMILES string of the molecule is CCCOc1cccc(/C(O)=C2/C(=O)C(=O)N(C3CCCC3)C2c2ccc(CC)cc2)c1. The Hall–Kier alpha value is -3.08. The molecule has 1 heterocycles. The molecule has 1 unspecified atom stereocenters. The highest BCUT2D eigenvalue weighted by molar-refractivity contribution is 6.46. The maximum atomic E-state index is 13.2. The zero-order valence-electron chi connectivity index (χ0n) is 18.8. The van der Waals surface area contributed by atoms with Crippen molar-refractivity contribution >= 4 is 17.4 Å². The van der Waals surface area contributed by atoms with Crippen molar-refractivity contribution in [3.8, 4) is 5.75 Å². The van der Waals surface area contributed by atoms with E-state index in [9.17, 15) is 14.7 Å². The van der Waals surface area contributed by atoms with Gasteiger partial charge in [-0.05, 0) is 48.9 Å². The van der Waals surface area contributed by atoms with Gasteiger partial charge in [0.25, 0.3) is 11.7 Å². The zero-order chi connectivity index (χ0) is 22.7. The quantitative estimate of drug-likeness (QED) is 0.361. The van der Waals surface area contributed by atoms with E-state index in [-0.39, 0.29) is 17.4 Å². The Morgan fingerprint density at radius 3 is 2.44 bits per heavy atom. The van der Waals surface area contributed by atoms with E-state index in [1.807, 2.05) is 37.3 Å². The first-order valence-corrected chi connectivity index (χ1v) is 11.7. The number of likely N-dealkylation sites (tertiary alicyclic amines) is 1. The van der Waals surface area contributed by atoms with Crippen LogP contribution in [0, 0.1) is 0 Å². The van der Waals surface area contributed by atoms with E-state index >= 15 is 0 Å². The molecule has 2 fully saturated rings. The number of benzene rings is 2. The largest absolute Gasteiger partial charge is 0.507 e. The Bertz CT molecular complexity index is 1020. The van der Waals surface area contributed by atoms with Crippen LogP contribution in [0.4, 0.5) is 0 Å². The van der Waals surface area contributed by atoms with Crippen molar-refractivity contribution in [2.24, 2.45) is 0 Å². The third kappa shape index (κ3) is 4.16. The monoisotopic (exact) mass is 433 g/mol. The number of hydrogen-bond acceptors (Lipinski definition) is 4. The van der Waals surface area contributed by atoms with E-state index in [1.165, 1.54) is 5.56 Å². The highest BCUT2D eigenvalue weighted by Crippen LogP contribution is 2.43. The lowest BCUT2D eigenvalue weighted by Crippen LogP contribution is -2.37. The Morgan fingerprint density at radius 1 is 1.06 bits per heavy atom. The number of ketones is 1. The summed E-state index contributed by atoms with van der Waals surface area (Å²) in [6, 6.07) is 14.5. The van der Waals surface area contributed by atoms with Gasteiger partial charge in [0.1, 0.15) is 11.5 Å². The van der Waals surface area contributed by atoms with Crippen molar-refractivity contribution in [2.75, 3.05) is 6.61 Å². The summed E-state index contributed by atoms with van der Waals surface area (Å²) in [5.41, 5.74) is 2.69. The van der Waals surface area contributed by atoms with Crippen LogP contribution < -0.4 is 4.74 Å². The number of aryl methyl sites for hydroxylation is 1. The highest BCUT2D eigenvalue weighted by Gasteiger charge is 2.49. The van der Waals surface area contributed by atoms with Crippen molar-refractivity contribution in [3.63, 3.8) is 0 Å². The minimum Gasteiger partial charge on any atom is -0.507 e. The fourth-order valence-corrected chi connectivity index (χ4v) is 4.78. The van der Waals surface area contributed by atoms with Crippen LogP contribution in [0.3, 0.4) is 0 Å². The van der Waals surface area contributed by atoms with Gasteiger partial charge in [0.2, 0.25) is 0 Å². The van der Waals surface area contributed by atoms with Gasteiger partial charge in [0, 0.05) is 11.6 Å². The van der Waals surface area contributed by atoms with E-state index in [1.54, 1.807) is 23.1 Å². The molecule has 2 aromatic carbocycles. The molecule has 1 N–H and O–H groups in total. The van der Waals surface area contributed by atoms with Crippen molar-refractivity contribution in [1.82, 2.24) is 4.90 Å². The molecule has 0 spiro atoms. The standard InChI is InChI=1S/C27H31NO4/c1-3-16-32-22-11-7-8-20(17-22)25(29)23-24(19-14-12-18(4-2)13-15-19)28(27(31)26(23)30)21-9-5-6-10-21/h7-8,11-15,17,21,24,29H,3-6,9-10,16H2,1-2H3/b25-23-. The lowest BCUT2D eigenvalue weighted by Gasteiger charge is -2.30. The number of ether oxygens (including phenoxy) is 1. The second-order valence-electron chi connectivity index (χ2n) is 8.62. The average Bonchev–Trinajstić information content (AvgIpc) is 3.44. The first kappa shape index (κ1) is 22.1. The van der Waals surface area contributed by atoms with Gasteiger partial charge in [-0.25, -0.2) is 0 Å². The number of hydrogen-bond donors (Lipinski definition) is 1. The van der Waals surface area contributed by atoms with Crippen molar-refractivity contribution in [3.05, 3.63) is 70.8 Å². The van der Waals surface area contributed by atoms with Gasteiger partial charge in [-0.15, -0.1) is 0 Å². The molecule has 1 saturated carbocycles. The first-order chi connectivity index (χ1) is 15.5. The van der Waals surface area contributed by atoms with Gasteiger partial charge in [-0.3, -0.25) is 9.59 Å². The number of aliphatic hydroxyl groups is 1. The lowest BCUT2D eigenvalue weighted by atomic mass is 9.93. The summed E-state index contributed by atoms with van der Waals surface area (Å²) in [4.78, 5) is 28.1. The van der Waals surface area contributed by atoms with Gasteiger partial charge in [0.15, 0.2) is 0 Å². The molecule has 1 amide bonds. The zero-order valence-corrected chi connectivity index (χ0v) is 18.8. The predicted molar refractivity (Wildman–Crippen MR) is 124 cm³/mol. The van der Waals surface area contributed by atoms with Crippen LogP contribution in [0.5, 0.6) is 5.75 Å². The molecule has 1 saturated heterocycles. The van der Waals surface area contributed by atoms with E-state index in [0.717, 1.165) is 44.1 Å². The lowest BCUT2D eigenvalue weighted by molar-refractivity contribution is -0.141. The maximum absolute atomic E-state index is 13.2. The van der Waals surface area contributed by atoms with E-state index in [0.29, 0.717) is 17.9 Å². The van der Waals surface area contributed by atoms with E-state index in [2.05, 4.69) is 6.92 Å². The van der Waals surface area contributed by atoms with Gasteiger partial charge >= 0.3 is 0 Å². The highest BCUT2D eigenvalue weighted by atomic mass is 16.5. The number of rotatable bonds is 7. The summed E-state index contributed by atoms with van der Waals surface area (Å²) >= 11 is 0. The second-order valence-corrected chi connectivity index (χ2v) is 8.62. The molecule has 1 atom stereocenters. The molecule has 32 heavy (non-hydrogen) atoms. The third-order valence-electron chi connectivity index (χ3n) is 6.48. The molecule has 168 valence electrons. The number of aliphatic hydroxyl groups excluding tert-OH is 1. The summed E-state index contributed by atoms with van der Waals surface area (Å²) < 4.78 is 5.70. The Kier molecular flexibility index (Phi) is 6.63. The third-order valence-corrected chi connectivity index (χ3v) is 6.48. The molecule has 1 aliphatic carbocycles. The number of nitrogens with zero attached hydrogens (tertiary/aromatic N) is 1. The number of Topliss-reactive ketones (excluding diaryl/α,β-unsaturated/α-hetero) is 1. The minimum atomic E-state index is -0.612. The van der Waals surface area contributed by atoms with Crippen LogP contribution in [-0.4, -0.2) is 34.3 Å². The molecule has 0 bridgehead atoms. The fourth-order valence-electron chi connectivity index (χ4n) is 4.78. The Morgan fingerprint density at radius 2 is 1.78 bits per heavy atom. The average molecular weight is 434 g/mol. The summed E-state index contributed by atoms with van der Waals surface area (Å²) in [5, 5.41) is 11.3. The van der Waals surface area contributed by atoms with Crippen LogP contribution >= 0.6 is 0 Å². The van der Waals surface area contributed by atoms with Crippen LogP contribution in [0.25, 0.3) is 5.76 Å².